The first-order valence-electron chi connectivity index (χ1n) is 4.84. The molecular formula is C13H7F3O. The minimum Gasteiger partial charge on any atom is -0.288 e. The van der Waals surface area contributed by atoms with E-state index >= 15 is 0 Å². The Bertz CT molecular complexity index is 541. The van der Waals surface area contributed by atoms with Crippen molar-refractivity contribution >= 4 is 5.78 Å². The Morgan fingerprint density at radius 2 is 1.41 bits per heavy atom. The quantitative estimate of drug-likeness (QED) is 0.731. The molecule has 0 bridgehead atoms. The number of ketones is 1. The van der Waals surface area contributed by atoms with E-state index in [1.54, 1.807) is 18.2 Å². The van der Waals surface area contributed by atoms with Crippen molar-refractivity contribution in [3.05, 3.63) is 71.0 Å². The van der Waals surface area contributed by atoms with Gasteiger partial charge in [0.25, 0.3) is 0 Å². The fraction of sp³-hybridized carbons (Fsp3) is 0. The fourth-order valence-electron chi connectivity index (χ4n) is 1.49. The highest BCUT2D eigenvalue weighted by atomic mass is 19.1. The third-order valence-electron chi connectivity index (χ3n) is 2.27. The van der Waals surface area contributed by atoms with Gasteiger partial charge in [0, 0.05) is 17.7 Å². The Balaban J connectivity index is 2.52. The van der Waals surface area contributed by atoms with Crippen LogP contribution >= 0.6 is 0 Å². The molecule has 0 aliphatic rings. The fourth-order valence-corrected chi connectivity index (χ4v) is 1.49. The van der Waals surface area contributed by atoms with E-state index in [9.17, 15) is 18.0 Å². The summed E-state index contributed by atoms with van der Waals surface area (Å²) in [4.78, 5) is 11.8. The maximum absolute atomic E-state index is 13.3. The van der Waals surface area contributed by atoms with Crippen LogP contribution in [0.3, 0.4) is 0 Å². The minimum absolute atomic E-state index is 0.150. The van der Waals surface area contributed by atoms with Gasteiger partial charge >= 0.3 is 0 Å². The highest BCUT2D eigenvalue weighted by Gasteiger charge is 2.19. The average molecular weight is 236 g/mol. The number of halogens is 3. The van der Waals surface area contributed by atoms with Gasteiger partial charge < -0.3 is 0 Å². The molecule has 1 nitrogen and oxygen atoms in total. The molecule has 0 saturated heterocycles. The van der Waals surface area contributed by atoms with E-state index in [1.807, 2.05) is 0 Å². The third kappa shape index (κ3) is 2.20. The monoisotopic (exact) mass is 236 g/mol. The molecule has 0 fully saturated rings. The first-order valence-corrected chi connectivity index (χ1v) is 4.84. The molecule has 0 spiro atoms. The van der Waals surface area contributed by atoms with E-state index in [2.05, 4.69) is 0 Å². The number of carbonyl (C=O) groups is 1. The Morgan fingerprint density at radius 3 is 1.94 bits per heavy atom. The van der Waals surface area contributed by atoms with Gasteiger partial charge in [0.15, 0.2) is 5.78 Å². The zero-order chi connectivity index (χ0) is 12.4. The van der Waals surface area contributed by atoms with Gasteiger partial charge in [-0.25, -0.2) is 13.2 Å². The first-order chi connectivity index (χ1) is 8.09. The summed E-state index contributed by atoms with van der Waals surface area (Å²) in [6.07, 6.45) is 0. The van der Waals surface area contributed by atoms with Crippen LogP contribution in [0.15, 0.2) is 42.5 Å². The van der Waals surface area contributed by atoms with Crippen molar-refractivity contribution in [2.45, 2.75) is 0 Å². The number of carbonyl (C=O) groups excluding carboxylic acids is 1. The molecule has 0 heterocycles. The predicted octanol–water partition coefficient (Wildman–Crippen LogP) is 3.33. The zero-order valence-electron chi connectivity index (χ0n) is 8.58. The van der Waals surface area contributed by atoms with Gasteiger partial charge in [0.2, 0.25) is 0 Å². The van der Waals surface area contributed by atoms with Gasteiger partial charge in [-0.15, -0.1) is 0 Å². The molecule has 4 heteroatoms. The normalized spacial score (nSPS) is 10.3. The molecule has 2 aromatic rings. The number of hydrogen-bond acceptors (Lipinski definition) is 1. The molecule has 0 aliphatic heterocycles. The van der Waals surface area contributed by atoms with Gasteiger partial charge in [-0.2, -0.15) is 0 Å². The van der Waals surface area contributed by atoms with Crippen molar-refractivity contribution in [1.29, 1.82) is 0 Å². The van der Waals surface area contributed by atoms with Crippen LogP contribution in [0.2, 0.25) is 0 Å². The van der Waals surface area contributed by atoms with Crippen LogP contribution in [0.25, 0.3) is 0 Å². The summed E-state index contributed by atoms with van der Waals surface area (Å²) >= 11 is 0. The van der Waals surface area contributed by atoms with Crippen LogP contribution < -0.4 is 0 Å². The Labute approximate surface area is 95.5 Å². The van der Waals surface area contributed by atoms with E-state index in [-0.39, 0.29) is 5.56 Å². The van der Waals surface area contributed by atoms with Crippen molar-refractivity contribution in [3.63, 3.8) is 0 Å². The van der Waals surface area contributed by atoms with Crippen molar-refractivity contribution in [3.8, 4) is 0 Å². The van der Waals surface area contributed by atoms with Gasteiger partial charge in [-0.05, 0) is 0 Å². The van der Waals surface area contributed by atoms with E-state index in [4.69, 9.17) is 0 Å². The molecule has 0 aromatic heterocycles. The summed E-state index contributed by atoms with van der Waals surface area (Å²) in [5.74, 6) is -4.25. The molecule has 0 atom stereocenters. The van der Waals surface area contributed by atoms with E-state index in [0.717, 1.165) is 0 Å². The largest absolute Gasteiger partial charge is 0.288 e. The molecule has 0 amide bonds. The highest BCUT2D eigenvalue weighted by molar-refractivity contribution is 6.09. The summed E-state index contributed by atoms with van der Waals surface area (Å²) in [5.41, 5.74) is -0.588. The maximum atomic E-state index is 13.3. The van der Waals surface area contributed by atoms with Crippen molar-refractivity contribution in [1.82, 2.24) is 0 Å². The zero-order valence-corrected chi connectivity index (χ0v) is 8.58. The van der Waals surface area contributed by atoms with E-state index in [1.165, 1.54) is 12.1 Å². The average Bonchev–Trinajstić information content (AvgIpc) is 2.28. The molecule has 0 aliphatic carbocycles. The number of hydrogen-bond donors (Lipinski definition) is 0. The SMILES string of the molecule is O=C(c1ccccc1)c1c(F)cc(F)cc1F. The lowest BCUT2D eigenvalue weighted by molar-refractivity contribution is 0.103. The molecule has 0 saturated carbocycles. The predicted molar refractivity (Wildman–Crippen MR) is 56.2 cm³/mol. The van der Waals surface area contributed by atoms with Gasteiger partial charge in [-0.1, -0.05) is 30.3 Å². The summed E-state index contributed by atoms with van der Waals surface area (Å²) in [6.45, 7) is 0. The van der Waals surface area contributed by atoms with Gasteiger partial charge in [0.1, 0.15) is 17.5 Å². The second-order valence-corrected chi connectivity index (χ2v) is 3.44. The summed E-state index contributed by atoms with van der Waals surface area (Å²) < 4.78 is 39.4. The lowest BCUT2D eigenvalue weighted by atomic mass is 10.0. The molecule has 17 heavy (non-hydrogen) atoms. The minimum atomic E-state index is -1.20. The third-order valence-corrected chi connectivity index (χ3v) is 2.27. The van der Waals surface area contributed by atoms with E-state index < -0.39 is 28.8 Å². The lowest BCUT2D eigenvalue weighted by Gasteiger charge is -2.04. The second-order valence-electron chi connectivity index (χ2n) is 3.44. The summed E-state index contributed by atoms with van der Waals surface area (Å²) in [6, 6.07) is 8.67. The van der Waals surface area contributed by atoms with Crippen LogP contribution in [0, 0.1) is 17.5 Å². The van der Waals surface area contributed by atoms with Crippen LogP contribution in [-0.2, 0) is 0 Å². The van der Waals surface area contributed by atoms with Crippen molar-refractivity contribution in [2.75, 3.05) is 0 Å². The Hall–Kier alpha value is -2.10. The molecule has 0 N–H and O–H groups in total. The topological polar surface area (TPSA) is 17.1 Å². The number of benzene rings is 2. The molecule has 0 unspecified atom stereocenters. The molecule has 2 aromatic carbocycles. The maximum Gasteiger partial charge on any atom is 0.198 e. The second kappa shape index (κ2) is 4.41. The Morgan fingerprint density at radius 1 is 0.882 bits per heavy atom. The smallest absolute Gasteiger partial charge is 0.198 e. The molecule has 0 radical (unpaired) electrons. The summed E-state index contributed by atoms with van der Waals surface area (Å²) in [5, 5.41) is 0. The lowest BCUT2D eigenvalue weighted by Crippen LogP contribution is -2.08. The highest BCUT2D eigenvalue weighted by Crippen LogP contribution is 2.18. The van der Waals surface area contributed by atoms with E-state index in [0.29, 0.717) is 12.1 Å². The van der Waals surface area contributed by atoms with Crippen LogP contribution in [0.5, 0.6) is 0 Å². The van der Waals surface area contributed by atoms with Gasteiger partial charge in [-0.3, -0.25) is 4.79 Å². The van der Waals surface area contributed by atoms with Crippen molar-refractivity contribution < 1.29 is 18.0 Å². The molecule has 86 valence electrons. The summed E-state index contributed by atoms with van der Waals surface area (Å²) in [7, 11) is 0. The number of rotatable bonds is 2. The van der Waals surface area contributed by atoms with Crippen LogP contribution in [-0.4, -0.2) is 5.78 Å². The first kappa shape index (κ1) is 11.4. The molecular weight excluding hydrogens is 229 g/mol. The van der Waals surface area contributed by atoms with Crippen molar-refractivity contribution in [2.24, 2.45) is 0 Å². The van der Waals surface area contributed by atoms with Crippen LogP contribution in [0.4, 0.5) is 13.2 Å². The standard InChI is InChI=1S/C13H7F3O/c14-9-6-10(15)12(11(16)7-9)13(17)8-4-2-1-3-5-8/h1-7H. The van der Waals surface area contributed by atoms with Gasteiger partial charge in [0.05, 0.1) is 5.56 Å². The van der Waals surface area contributed by atoms with Crippen LogP contribution in [0.1, 0.15) is 15.9 Å². The Kier molecular flexibility index (Phi) is 2.95. The molecule has 2 rings (SSSR count).